The van der Waals surface area contributed by atoms with Crippen molar-refractivity contribution in [2.45, 2.75) is 25.7 Å². The van der Waals surface area contributed by atoms with Gasteiger partial charge >= 0.3 is 5.97 Å². The van der Waals surface area contributed by atoms with Crippen LogP contribution in [0.1, 0.15) is 46.4 Å². The molecule has 2 fully saturated rings. The fourth-order valence-corrected chi connectivity index (χ4v) is 2.85. The van der Waals surface area contributed by atoms with E-state index < -0.39 is 29.1 Å². The Labute approximate surface area is 120 Å². The molecule has 3 rings (SSSR count). The largest absolute Gasteiger partial charge is 0.478 e. The summed E-state index contributed by atoms with van der Waals surface area (Å²) in [5, 5.41) is 11.7. The molecule has 0 saturated heterocycles. The van der Waals surface area contributed by atoms with Gasteiger partial charge in [-0.15, -0.1) is 0 Å². The minimum Gasteiger partial charge on any atom is -0.478 e. The van der Waals surface area contributed by atoms with E-state index in [1.165, 1.54) is 12.8 Å². The van der Waals surface area contributed by atoms with Crippen LogP contribution in [0.15, 0.2) is 12.1 Å². The molecule has 2 N–H and O–H groups in total. The Morgan fingerprint density at radius 3 is 2.24 bits per heavy atom. The summed E-state index contributed by atoms with van der Waals surface area (Å²) in [6.07, 6.45) is 4.45. The molecule has 0 spiro atoms. The molecule has 0 aliphatic heterocycles. The molecular formula is C15H15F2NO3. The normalized spacial score (nSPS) is 19.1. The minimum absolute atomic E-state index is 0.150. The van der Waals surface area contributed by atoms with E-state index in [4.69, 9.17) is 5.11 Å². The van der Waals surface area contributed by atoms with Crippen LogP contribution in [0.5, 0.6) is 0 Å². The average Bonchev–Trinajstić information content (AvgIpc) is 3.30. The molecule has 6 heteroatoms. The van der Waals surface area contributed by atoms with Crippen molar-refractivity contribution in [3.05, 3.63) is 34.9 Å². The molecule has 0 radical (unpaired) electrons. The summed E-state index contributed by atoms with van der Waals surface area (Å²) >= 11 is 0. The summed E-state index contributed by atoms with van der Waals surface area (Å²) in [5.41, 5.74) is -0.715. The highest BCUT2D eigenvalue weighted by Crippen LogP contribution is 2.60. The van der Waals surface area contributed by atoms with Gasteiger partial charge in [-0.05, 0) is 49.1 Å². The first-order valence-electron chi connectivity index (χ1n) is 6.93. The summed E-state index contributed by atoms with van der Waals surface area (Å²) in [7, 11) is 0. The standard InChI is InChI=1S/C15H15F2NO3/c16-11-5-9(10(14(20)21)6-12(11)17)13(19)18-7-15(3-4-15)8-1-2-8/h5-6,8H,1-4,7H2,(H,18,19)(H,20,21). The number of aromatic carboxylic acids is 1. The first-order valence-corrected chi connectivity index (χ1v) is 6.93. The Kier molecular flexibility index (Phi) is 3.19. The molecule has 2 aliphatic rings. The molecule has 1 amide bonds. The van der Waals surface area contributed by atoms with Crippen molar-refractivity contribution >= 4 is 11.9 Å². The van der Waals surface area contributed by atoms with Crippen molar-refractivity contribution in [1.82, 2.24) is 5.32 Å². The summed E-state index contributed by atoms with van der Waals surface area (Å²) < 4.78 is 26.4. The summed E-state index contributed by atoms with van der Waals surface area (Å²) in [6, 6.07) is 1.19. The Hall–Kier alpha value is -1.98. The number of hydrogen-bond acceptors (Lipinski definition) is 2. The van der Waals surface area contributed by atoms with Crippen LogP contribution in [0, 0.1) is 23.0 Å². The number of halogens is 2. The van der Waals surface area contributed by atoms with E-state index in [1.54, 1.807) is 0 Å². The van der Waals surface area contributed by atoms with E-state index in [-0.39, 0.29) is 11.0 Å². The van der Waals surface area contributed by atoms with E-state index in [1.807, 2.05) is 0 Å². The van der Waals surface area contributed by atoms with Crippen molar-refractivity contribution in [2.75, 3.05) is 6.54 Å². The number of carbonyl (C=O) groups excluding carboxylic acids is 1. The smallest absolute Gasteiger partial charge is 0.336 e. The monoisotopic (exact) mass is 295 g/mol. The van der Waals surface area contributed by atoms with Gasteiger partial charge in [-0.1, -0.05) is 0 Å². The summed E-state index contributed by atoms with van der Waals surface area (Å²) in [6.45, 7) is 0.467. The number of benzene rings is 1. The molecule has 0 bridgehead atoms. The second-order valence-corrected chi connectivity index (χ2v) is 5.94. The maximum Gasteiger partial charge on any atom is 0.336 e. The molecule has 1 aromatic rings. The molecule has 4 nitrogen and oxygen atoms in total. The molecular weight excluding hydrogens is 280 g/mol. The first-order chi connectivity index (χ1) is 9.93. The number of hydrogen-bond donors (Lipinski definition) is 2. The Bertz CT molecular complexity index is 622. The molecule has 0 heterocycles. The van der Waals surface area contributed by atoms with Gasteiger partial charge in [0.1, 0.15) is 0 Å². The first kappa shape index (κ1) is 14.0. The van der Waals surface area contributed by atoms with E-state index in [2.05, 4.69) is 5.32 Å². The quantitative estimate of drug-likeness (QED) is 0.877. The molecule has 0 atom stereocenters. The summed E-state index contributed by atoms with van der Waals surface area (Å²) in [4.78, 5) is 23.1. The number of amides is 1. The number of carbonyl (C=O) groups is 2. The van der Waals surface area contributed by atoms with Crippen LogP contribution in [0.4, 0.5) is 8.78 Å². The highest BCUT2D eigenvalue weighted by molar-refractivity contribution is 6.04. The highest BCUT2D eigenvalue weighted by Gasteiger charge is 2.53. The third-order valence-corrected chi connectivity index (χ3v) is 4.47. The number of rotatable bonds is 5. The van der Waals surface area contributed by atoms with Crippen LogP contribution in [0.2, 0.25) is 0 Å². The van der Waals surface area contributed by atoms with Gasteiger partial charge in [0.25, 0.3) is 5.91 Å². The number of carboxylic acid groups (broad SMARTS) is 1. The van der Waals surface area contributed by atoms with Crippen molar-refractivity contribution in [2.24, 2.45) is 11.3 Å². The lowest BCUT2D eigenvalue weighted by Crippen LogP contribution is -2.32. The van der Waals surface area contributed by atoms with Crippen LogP contribution >= 0.6 is 0 Å². The van der Waals surface area contributed by atoms with E-state index in [9.17, 15) is 18.4 Å². The van der Waals surface area contributed by atoms with Crippen LogP contribution in [-0.2, 0) is 0 Å². The van der Waals surface area contributed by atoms with Crippen LogP contribution in [-0.4, -0.2) is 23.5 Å². The molecule has 2 saturated carbocycles. The minimum atomic E-state index is -1.46. The Balaban J connectivity index is 1.77. The second-order valence-electron chi connectivity index (χ2n) is 5.94. The van der Waals surface area contributed by atoms with Gasteiger partial charge in [0.15, 0.2) is 11.6 Å². The van der Waals surface area contributed by atoms with Crippen molar-refractivity contribution in [3.63, 3.8) is 0 Å². The molecule has 112 valence electrons. The lowest BCUT2D eigenvalue weighted by Gasteiger charge is -2.15. The van der Waals surface area contributed by atoms with Gasteiger partial charge in [-0.25, -0.2) is 13.6 Å². The van der Waals surface area contributed by atoms with Gasteiger partial charge in [-0.2, -0.15) is 0 Å². The van der Waals surface area contributed by atoms with Gasteiger partial charge in [0.05, 0.1) is 11.1 Å². The van der Waals surface area contributed by atoms with Crippen LogP contribution < -0.4 is 5.32 Å². The highest BCUT2D eigenvalue weighted by atomic mass is 19.2. The van der Waals surface area contributed by atoms with Gasteiger partial charge < -0.3 is 10.4 Å². The zero-order valence-electron chi connectivity index (χ0n) is 11.3. The third-order valence-electron chi connectivity index (χ3n) is 4.47. The second kappa shape index (κ2) is 4.79. The van der Waals surface area contributed by atoms with E-state index in [0.717, 1.165) is 12.8 Å². The molecule has 2 aliphatic carbocycles. The van der Waals surface area contributed by atoms with Crippen molar-refractivity contribution in [1.29, 1.82) is 0 Å². The van der Waals surface area contributed by atoms with Crippen LogP contribution in [0.25, 0.3) is 0 Å². The fraction of sp³-hybridized carbons (Fsp3) is 0.467. The van der Waals surface area contributed by atoms with Crippen LogP contribution in [0.3, 0.4) is 0 Å². The lowest BCUT2D eigenvalue weighted by molar-refractivity contribution is 0.0690. The predicted molar refractivity (Wildman–Crippen MR) is 70.0 cm³/mol. The molecule has 0 unspecified atom stereocenters. The zero-order valence-corrected chi connectivity index (χ0v) is 11.3. The SMILES string of the molecule is O=C(O)c1cc(F)c(F)cc1C(=O)NCC1(C2CC2)CC1. The third kappa shape index (κ3) is 2.62. The number of carboxylic acids is 1. The Morgan fingerprint density at radius 2 is 1.76 bits per heavy atom. The topological polar surface area (TPSA) is 66.4 Å². The maximum atomic E-state index is 13.3. The van der Waals surface area contributed by atoms with Gasteiger partial charge in [0.2, 0.25) is 0 Å². The van der Waals surface area contributed by atoms with Gasteiger partial charge in [-0.3, -0.25) is 4.79 Å². The van der Waals surface area contributed by atoms with Crippen molar-refractivity contribution < 1.29 is 23.5 Å². The lowest BCUT2D eigenvalue weighted by atomic mass is 10.00. The zero-order chi connectivity index (χ0) is 15.2. The Morgan fingerprint density at radius 1 is 1.19 bits per heavy atom. The van der Waals surface area contributed by atoms with Crippen molar-refractivity contribution in [3.8, 4) is 0 Å². The summed E-state index contributed by atoms with van der Waals surface area (Å²) in [5.74, 6) is -3.99. The predicted octanol–water partition coefficient (Wildman–Crippen LogP) is 2.58. The number of nitrogens with one attached hydrogen (secondary N) is 1. The van der Waals surface area contributed by atoms with E-state index >= 15 is 0 Å². The fourth-order valence-electron chi connectivity index (χ4n) is 2.85. The van der Waals surface area contributed by atoms with Gasteiger partial charge in [0, 0.05) is 6.54 Å². The van der Waals surface area contributed by atoms with E-state index in [0.29, 0.717) is 24.6 Å². The molecule has 0 aromatic heterocycles. The average molecular weight is 295 g/mol. The molecule has 1 aromatic carbocycles. The maximum absolute atomic E-state index is 13.3. The molecule has 21 heavy (non-hydrogen) atoms.